The lowest BCUT2D eigenvalue weighted by Crippen LogP contribution is -2.29. The summed E-state index contributed by atoms with van der Waals surface area (Å²) in [7, 11) is 3.02. The minimum atomic E-state index is -0.350. The number of pyridine rings is 1. The summed E-state index contributed by atoms with van der Waals surface area (Å²) in [6.07, 6.45) is 1.76. The molecule has 8 nitrogen and oxygen atoms in total. The van der Waals surface area contributed by atoms with Gasteiger partial charge in [0.15, 0.2) is 5.11 Å². The maximum absolute atomic E-state index is 12.3. The second kappa shape index (κ2) is 11.3. The van der Waals surface area contributed by atoms with Crippen LogP contribution in [0.3, 0.4) is 0 Å². The second-order valence-electron chi connectivity index (χ2n) is 8.57. The fourth-order valence-corrected chi connectivity index (χ4v) is 5.07. The number of amides is 1. The minimum Gasteiger partial charge on any atom is -0.495 e. The van der Waals surface area contributed by atoms with Gasteiger partial charge < -0.3 is 29.4 Å². The zero-order valence-electron chi connectivity index (χ0n) is 20.7. The first-order valence-electron chi connectivity index (χ1n) is 11.8. The number of carbonyl (C=O) groups is 1. The zero-order valence-corrected chi connectivity index (χ0v) is 23.1. The van der Waals surface area contributed by atoms with Crippen LogP contribution in [0.15, 0.2) is 87.9 Å². The molecule has 0 bridgehead atoms. The summed E-state index contributed by atoms with van der Waals surface area (Å²) in [5, 5.41) is 6.78. The van der Waals surface area contributed by atoms with Crippen molar-refractivity contribution < 1.29 is 18.7 Å². The number of thiocarbonyl (C=S) groups is 1. The van der Waals surface area contributed by atoms with Crippen LogP contribution >= 0.6 is 28.1 Å². The van der Waals surface area contributed by atoms with Gasteiger partial charge in [0.1, 0.15) is 29.9 Å². The number of ether oxygens (including phenoxy) is 2. The molecule has 10 heteroatoms. The average molecular weight is 594 g/mol. The van der Waals surface area contributed by atoms with Crippen molar-refractivity contribution in [1.82, 2.24) is 10.3 Å². The molecule has 2 unspecified atom stereocenters. The quantitative estimate of drug-likeness (QED) is 0.245. The monoisotopic (exact) mass is 592 g/mol. The number of nitrogens with one attached hydrogen (secondary N) is 2. The normalized spacial score (nSPS) is 16.8. The van der Waals surface area contributed by atoms with Crippen LogP contribution in [0.25, 0.3) is 11.3 Å². The van der Waals surface area contributed by atoms with Crippen LogP contribution in [-0.4, -0.2) is 36.8 Å². The Morgan fingerprint density at radius 2 is 1.95 bits per heavy atom. The second-order valence-corrected chi connectivity index (χ2v) is 9.87. The third-order valence-corrected chi connectivity index (χ3v) is 7.00. The van der Waals surface area contributed by atoms with Crippen LogP contribution in [0.4, 0.5) is 11.4 Å². The Hall–Kier alpha value is -3.73. The molecule has 1 aliphatic heterocycles. The highest BCUT2D eigenvalue weighted by atomic mass is 79.9. The molecule has 1 amide bonds. The average Bonchev–Trinajstić information content (AvgIpc) is 3.54. The first-order valence-corrected chi connectivity index (χ1v) is 13.0. The molecule has 4 aromatic rings. The van der Waals surface area contributed by atoms with E-state index in [2.05, 4.69) is 31.5 Å². The van der Waals surface area contributed by atoms with Gasteiger partial charge in [-0.15, -0.1) is 0 Å². The van der Waals surface area contributed by atoms with E-state index in [4.69, 9.17) is 26.1 Å². The number of furan rings is 1. The van der Waals surface area contributed by atoms with E-state index >= 15 is 0 Å². The highest BCUT2D eigenvalue weighted by Gasteiger charge is 2.42. The Balaban J connectivity index is 1.57. The van der Waals surface area contributed by atoms with Gasteiger partial charge >= 0.3 is 0 Å². The van der Waals surface area contributed by atoms with E-state index in [1.807, 2.05) is 71.6 Å². The lowest BCUT2D eigenvalue weighted by atomic mass is 10.0. The smallest absolute Gasteiger partial charge is 0.250 e. The van der Waals surface area contributed by atoms with E-state index in [9.17, 15) is 4.79 Å². The number of methoxy groups -OCH3 is 2. The number of rotatable bonds is 8. The highest BCUT2D eigenvalue weighted by molar-refractivity contribution is 9.10. The summed E-state index contributed by atoms with van der Waals surface area (Å²) in [5.41, 5.74) is 3.04. The predicted molar refractivity (Wildman–Crippen MR) is 153 cm³/mol. The Kier molecular flexibility index (Phi) is 7.73. The first kappa shape index (κ1) is 25.9. The largest absolute Gasteiger partial charge is 0.495 e. The van der Waals surface area contributed by atoms with Gasteiger partial charge in [-0.1, -0.05) is 34.1 Å². The van der Waals surface area contributed by atoms with Crippen molar-refractivity contribution in [3.05, 3.63) is 94.9 Å². The molecule has 5 rings (SSSR count). The number of nitrogens with zero attached hydrogens (tertiary/aromatic N) is 2. The molecular formula is C28H25BrN4O4S. The Morgan fingerprint density at radius 1 is 1.13 bits per heavy atom. The molecule has 0 saturated carbocycles. The van der Waals surface area contributed by atoms with Crippen LogP contribution in [0.5, 0.6) is 5.75 Å². The molecule has 1 fully saturated rings. The molecule has 3 heterocycles. The third-order valence-electron chi connectivity index (χ3n) is 6.16. The van der Waals surface area contributed by atoms with E-state index in [-0.39, 0.29) is 24.6 Å². The summed E-state index contributed by atoms with van der Waals surface area (Å²) in [4.78, 5) is 18.9. The van der Waals surface area contributed by atoms with Crippen LogP contribution in [0.2, 0.25) is 0 Å². The standard InChI is InChI=1S/C28H25BrN4O4S/c1-35-16-25(34)31-21-15-19(10-11-23(21)36-2)33-27(26(32-28(33)38)20-5-3-4-14-30-20)24-13-12-22(37-24)17-6-8-18(29)9-7-17/h3-15,26-27H,16H2,1-2H3,(H,31,34)(H,32,38). The van der Waals surface area contributed by atoms with Crippen LogP contribution in [0.1, 0.15) is 23.5 Å². The number of halogens is 1. The zero-order chi connectivity index (χ0) is 26.6. The summed E-state index contributed by atoms with van der Waals surface area (Å²) in [6.45, 7) is -0.0767. The van der Waals surface area contributed by atoms with Crippen molar-refractivity contribution >= 4 is 50.5 Å². The van der Waals surface area contributed by atoms with Crippen molar-refractivity contribution in [3.8, 4) is 17.1 Å². The summed E-state index contributed by atoms with van der Waals surface area (Å²) < 4.78 is 17.9. The molecule has 0 aliphatic carbocycles. The predicted octanol–water partition coefficient (Wildman–Crippen LogP) is 5.87. The van der Waals surface area contributed by atoms with Gasteiger partial charge in [0.05, 0.1) is 24.5 Å². The van der Waals surface area contributed by atoms with Crippen molar-refractivity contribution in [2.24, 2.45) is 0 Å². The number of anilines is 2. The molecule has 194 valence electrons. The topological polar surface area (TPSA) is 88.9 Å². The van der Waals surface area contributed by atoms with Gasteiger partial charge in [0, 0.05) is 29.0 Å². The van der Waals surface area contributed by atoms with Gasteiger partial charge in [-0.3, -0.25) is 9.78 Å². The molecule has 0 radical (unpaired) electrons. The number of carbonyl (C=O) groups excluding carboxylic acids is 1. The molecule has 1 aliphatic rings. The van der Waals surface area contributed by atoms with Crippen LogP contribution in [-0.2, 0) is 9.53 Å². The molecule has 2 atom stereocenters. The fraction of sp³-hybridized carbons (Fsp3) is 0.179. The third kappa shape index (κ3) is 5.28. The van der Waals surface area contributed by atoms with Gasteiger partial charge in [0.2, 0.25) is 5.91 Å². The maximum Gasteiger partial charge on any atom is 0.250 e. The van der Waals surface area contributed by atoms with Gasteiger partial charge in [0.25, 0.3) is 0 Å². The Morgan fingerprint density at radius 3 is 2.66 bits per heavy atom. The number of aromatic nitrogens is 1. The summed E-state index contributed by atoms with van der Waals surface area (Å²) in [6, 6.07) is 22.5. The van der Waals surface area contributed by atoms with Crippen LogP contribution < -0.4 is 20.3 Å². The van der Waals surface area contributed by atoms with Crippen molar-refractivity contribution in [2.75, 3.05) is 31.0 Å². The van der Waals surface area contributed by atoms with Gasteiger partial charge in [-0.05, 0) is 66.8 Å². The molecular weight excluding hydrogens is 568 g/mol. The minimum absolute atomic E-state index is 0.0767. The Labute approximate surface area is 234 Å². The fourth-order valence-electron chi connectivity index (χ4n) is 4.46. The molecule has 2 aromatic carbocycles. The van der Waals surface area contributed by atoms with Crippen LogP contribution in [0, 0.1) is 0 Å². The number of hydrogen-bond acceptors (Lipinski definition) is 6. The van der Waals surface area contributed by atoms with Crippen molar-refractivity contribution in [1.29, 1.82) is 0 Å². The SMILES string of the molecule is COCC(=O)Nc1cc(N2C(=S)NC(c3ccccn3)C2c2ccc(-c3ccc(Br)cc3)o2)ccc1OC. The number of hydrogen-bond donors (Lipinski definition) is 2. The van der Waals surface area contributed by atoms with E-state index < -0.39 is 0 Å². The van der Waals surface area contributed by atoms with Gasteiger partial charge in [-0.25, -0.2) is 0 Å². The molecule has 2 N–H and O–H groups in total. The molecule has 38 heavy (non-hydrogen) atoms. The Bertz CT molecular complexity index is 1450. The molecule has 1 saturated heterocycles. The van der Waals surface area contributed by atoms with Crippen molar-refractivity contribution in [3.63, 3.8) is 0 Å². The van der Waals surface area contributed by atoms with Gasteiger partial charge in [-0.2, -0.15) is 0 Å². The highest BCUT2D eigenvalue weighted by Crippen LogP contribution is 2.44. The lowest BCUT2D eigenvalue weighted by Gasteiger charge is -2.27. The van der Waals surface area contributed by atoms with E-state index in [1.54, 1.807) is 19.4 Å². The first-order chi connectivity index (χ1) is 18.5. The molecule has 2 aromatic heterocycles. The summed E-state index contributed by atoms with van der Waals surface area (Å²) in [5.74, 6) is 1.68. The van der Waals surface area contributed by atoms with E-state index in [1.165, 1.54) is 7.11 Å². The lowest BCUT2D eigenvalue weighted by molar-refractivity contribution is -0.119. The van der Waals surface area contributed by atoms with E-state index in [0.717, 1.165) is 27.2 Å². The van der Waals surface area contributed by atoms with E-state index in [0.29, 0.717) is 22.3 Å². The number of benzene rings is 2. The van der Waals surface area contributed by atoms with Crippen molar-refractivity contribution in [2.45, 2.75) is 12.1 Å². The maximum atomic E-state index is 12.3. The molecule has 0 spiro atoms. The summed E-state index contributed by atoms with van der Waals surface area (Å²) >= 11 is 9.31.